The van der Waals surface area contributed by atoms with Crippen LogP contribution in [-0.2, 0) is 22.4 Å². The minimum atomic E-state index is 0.0422. The highest BCUT2D eigenvalue weighted by Crippen LogP contribution is 2.33. The van der Waals surface area contributed by atoms with Gasteiger partial charge in [0.15, 0.2) is 0 Å². The van der Waals surface area contributed by atoms with Gasteiger partial charge in [-0.05, 0) is 43.2 Å². The summed E-state index contributed by atoms with van der Waals surface area (Å²) in [4.78, 5) is 29.0. The number of morpholine rings is 1. The molecule has 1 aromatic rings. The van der Waals surface area contributed by atoms with Crippen LogP contribution in [0.5, 0.6) is 0 Å². The lowest BCUT2D eigenvalue weighted by atomic mass is 9.87. The zero-order valence-corrected chi connectivity index (χ0v) is 16.0. The molecule has 5 nitrogen and oxygen atoms in total. The normalized spacial score (nSPS) is 20.4. The van der Waals surface area contributed by atoms with Gasteiger partial charge in [0, 0.05) is 30.4 Å². The lowest BCUT2D eigenvalue weighted by molar-refractivity contribution is -0.125. The topological polar surface area (TPSA) is 58.6 Å². The first kappa shape index (κ1) is 18.4. The summed E-state index contributed by atoms with van der Waals surface area (Å²) in [6.07, 6.45) is 3.56. The average Bonchev–Trinajstić information content (AvgIpc) is 3.04. The molecule has 6 heteroatoms. The Morgan fingerprint density at radius 1 is 1.36 bits per heavy atom. The van der Waals surface area contributed by atoms with E-state index in [0.29, 0.717) is 32.2 Å². The van der Waals surface area contributed by atoms with E-state index in [0.717, 1.165) is 37.1 Å². The first-order chi connectivity index (χ1) is 12.0. The number of rotatable bonds is 5. The number of ether oxygens (including phenoxy) is 1. The van der Waals surface area contributed by atoms with Crippen LogP contribution in [0, 0.1) is 11.8 Å². The molecule has 1 aliphatic carbocycles. The van der Waals surface area contributed by atoms with Crippen LogP contribution >= 0.6 is 11.3 Å². The fourth-order valence-corrected chi connectivity index (χ4v) is 4.58. The maximum absolute atomic E-state index is 12.6. The fraction of sp³-hybridized carbons (Fsp3) is 0.684. The number of carbonyl (C=O) groups excluding carboxylic acids is 2. The highest BCUT2D eigenvalue weighted by molar-refractivity contribution is 7.14. The molecule has 0 radical (unpaired) electrons. The summed E-state index contributed by atoms with van der Waals surface area (Å²) in [5.74, 6) is 0.920. The first-order valence-corrected chi connectivity index (χ1v) is 10.1. The minimum Gasteiger partial charge on any atom is -0.378 e. The lowest BCUT2D eigenvalue weighted by Gasteiger charge is -2.26. The molecule has 3 rings (SSSR count). The maximum Gasteiger partial charge on any atom is 0.264 e. The summed E-state index contributed by atoms with van der Waals surface area (Å²) in [6.45, 7) is 7.66. The molecular weight excluding hydrogens is 336 g/mol. The van der Waals surface area contributed by atoms with Gasteiger partial charge in [0.05, 0.1) is 18.1 Å². The van der Waals surface area contributed by atoms with Crippen LogP contribution in [0.15, 0.2) is 6.07 Å². The Morgan fingerprint density at radius 2 is 2.12 bits per heavy atom. The standard InChI is InChI=1S/C19H28N2O3S/c1-13(2)5-6-20-18(22)14-3-4-16-15(11-14)12-17(25-16)19(23)21-7-9-24-10-8-21/h12-14H,3-11H2,1-2H3,(H,20,22)/t14-/m0/s1. The molecule has 1 atom stereocenters. The molecule has 0 unspecified atom stereocenters. The number of hydrogen-bond donors (Lipinski definition) is 1. The Hall–Kier alpha value is -1.40. The van der Waals surface area contributed by atoms with Gasteiger partial charge in [-0.15, -0.1) is 11.3 Å². The van der Waals surface area contributed by atoms with Gasteiger partial charge in [-0.1, -0.05) is 13.8 Å². The monoisotopic (exact) mass is 364 g/mol. The van der Waals surface area contributed by atoms with E-state index in [1.54, 1.807) is 11.3 Å². The molecule has 0 saturated carbocycles. The zero-order chi connectivity index (χ0) is 17.8. The minimum absolute atomic E-state index is 0.0422. The van der Waals surface area contributed by atoms with Crippen molar-refractivity contribution >= 4 is 23.2 Å². The SMILES string of the molecule is CC(C)CCNC(=O)[C@H]1CCc2sc(C(=O)N3CCOCC3)cc2C1. The van der Waals surface area contributed by atoms with Gasteiger partial charge >= 0.3 is 0 Å². The van der Waals surface area contributed by atoms with Crippen LogP contribution in [0.1, 0.15) is 46.8 Å². The van der Waals surface area contributed by atoms with Gasteiger partial charge in [-0.3, -0.25) is 9.59 Å². The van der Waals surface area contributed by atoms with Gasteiger partial charge in [0.25, 0.3) is 5.91 Å². The fourth-order valence-electron chi connectivity index (χ4n) is 3.40. The van der Waals surface area contributed by atoms with Crippen LogP contribution < -0.4 is 5.32 Å². The highest BCUT2D eigenvalue weighted by atomic mass is 32.1. The van der Waals surface area contributed by atoms with E-state index < -0.39 is 0 Å². The largest absolute Gasteiger partial charge is 0.378 e. The zero-order valence-electron chi connectivity index (χ0n) is 15.2. The van der Waals surface area contributed by atoms with E-state index in [4.69, 9.17) is 4.74 Å². The molecule has 1 aromatic heterocycles. The molecule has 1 fully saturated rings. The molecule has 1 aliphatic heterocycles. The number of aryl methyl sites for hydroxylation is 1. The number of carbonyl (C=O) groups is 2. The number of nitrogens with one attached hydrogen (secondary N) is 1. The van der Waals surface area contributed by atoms with E-state index in [9.17, 15) is 9.59 Å². The van der Waals surface area contributed by atoms with Gasteiger partial charge in [0.1, 0.15) is 0 Å². The second kappa shape index (κ2) is 8.32. The molecule has 2 aliphatic rings. The van der Waals surface area contributed by atoms with Crippen molar-refractivity contribution in [2.24, 2.45) is 11.8 Å². The molecule has 0 spiro atoms. The van der Waals surface area contributed by atoms with Crippen molar-refractivity contribution in [2.75, 3.05) is 32.8 Å². The van der Waals surface area contributed by atoms with Crippen molar-refractivity contribution in [3.63, 3.8) is 0 Å². The number of thiophene rings is 1. The third-order valence-corrected chi connectivity index (χ3v) is 6.21. The molecule has 138 valence electrons. The highest BCUT2D eigenvalue weighted by Gasteiger charge is 2.28. The molecule has 2 amide bonds. The van der Waals surface area contributed by atoms with Crippen molar-refractivity contribution in [2.45, 2.75) is 39.5 Å². The van der Waals surface area contributed by atoms with Crippen molar-refractivity contribution in [3.8, 4) is 0 Å². The van der Waals surface area contributed by atoms with Gasteiger partial charge in [-0.2, -0.15) is 0 Å². The molecular formula is C19H28N2O3S. The number of amides is 2. The van der Waals surface area contributed by atoms with E-state index in [2.05, 4.69) is 19.2 Å². The molecule has 1 N–H and O–H groups in total. The molecule has 0 bridgehead atoms. The number of nitrogens with zero attached hydrogens (tertiary/aromatic N) is 1. The van der Waals surface area contributed by atoms with E-state index in [1.807, 2.05) is 11.0 Å². The van der Waals surface area contributed by atoms with Crippen LogP contribution in [0.25, 0.3) is 0 Å². The summed E-state index contributed by atoms with van der Waals surface area (Å²) in [6, 6.07) is 2.02. The van der Waals surface area contributed by atoms with Gasteiger partial charge < -0.3 is 15.0 Å². The van der Waals surface area contributed by atoms with E-state index in [1.165, 1.54) is 10.4 Å². The van der Waals surface area contributed by atoms with Crippen molar-refractivity contribution in [3.05, 3.63) is 21.4 Å². The third kappa shape index (κ3) is 4.61. The van der Waals surface area contributed by atoms with Crippen LogP contribution in [-0.4, -0.2) is 49.6 Å². The lowest BCUT2D eigenvalue weighted by Crippen LogP contribution is -2.40. The Morgan fingerprint density at radius 3 is 2.84 bits per heavy atom. The molecule has 25 heavy (non-hydrogen) atoms. The summed E-state index contributed by atoms with van der Waals surface area (Å²) in [7, 11) is 0. The van der Waals surface area contributed by atoms with Gasteiger partial charge in [-0.25, -0.2) is 0 Å². The predicted octanol–water partition coefficient (Wildman–Crippen LogP) is 2.49. The summed E-state index contributed by atoms with van der Waals surface area (Å²) in [5, 5.41) is 3.07. The summed E-state index contributed by atoms with van der Waals surface area (Å²) >= 11 is 1.61. The smallest absolute Gasteiger partial charge is 0.264 e. The number of hydrogen-bond acceptors (Lipinski definition) is 4. The molecule has 1 saturated heterocycles. The van der Waals surface area contributed by atoms with Crippen molar-refractivity contribution in [1.29, 1.82) is 0 Å². The Kier molecular flexibility index (Phi) is 6.12. The summed E-state index contributed by atoms with van der Waals surface area (Å²) < 4.78 is 5.32. The third-order valence-electron chi connectivity index (χ3n) is 4.98. The maximum atomic E-state index is 12.6. The Labute approximate surface area is 153 Å². The predicted molar refractivity (Wildman–Crippen MR) is 99.0 cm³/mol. The van der Waals surface area contributed by atoms with Crippen molar-refractivity contribution in [1.82, 2.24) is 10.2 Å². The quantitative estimate of drug-likeness (QED) is 0.873. The second-order valence-electron chi connectivity index (χ2n) is 7.38. The summed E-state index contributed by atoms with van der Waals surface area (Å²) in [5.41, 5.74) is 1.19. The Balaban J connectivity index is 1.59. The Bertz CT molecular complexity index is 620. The average molecular weight is 365 g/mol. The number of fused-ring (bicyclic) bond motifs is 1. The van der Waals surface area contributed by atoms with Gasteiger partial charge in [0.2, 0.25) is 5.91 Å². The molecule has 2 heterocycles. The van der Waals surface area contributed by atoms with Crippen LogP contribution in [0.2, 0.25) is 0 Å². The first-order valence-electron chi connectivity index (χ1n) is 9.31. The van der Waals surface area contributed by atoms with Crippen molar-refractivity contribution < 1.29 is 14.3 Å². The molecule has 0 aromatic carbocycles. The second-order valence-corrected chi connectivity index (χ2v) is 8.51. The van der Waals surface area contributed by atoms with E-state index in [-0.39, 0.29) is 17.7 Å². The van der Waals surface area contributed by atoms with Crippen LogP contribution in [0.3, 0.4) is 0 Å². The van der Waals surface area contributed by atoms with E-state index >= 15 is 0 Å². The van der Waals surface area contributed by atoms with Crippen LogP contribution in [0.4, 0.5) is 0 Å².